The van der Waals surface area contributed by atoms with Crippen LogP contribution in [-0.2, 0) is 48.7 Å². The van der Waals surface area contributed by atoms with Crippen LogP contribution in [0.15, 0.2) is 54.6 Å². The zero-order valence-electron chi connectivity index (χ0n) is 30.4. The number of nitrogens with zero attached hydrogens (tertiary/aromatic N) is 2. The predicted molar refractivity (Wildman–Crippen MR) is 193 cm³/mol. The summed E-state index contributed by atoms with van der Waals surface area (Å²) in [7, 11) is -2.36. The second kappa shape index (κ2) is 14.5. The third-order valence-electron chi connectivity index (χ3n) is 12.0. The number of ketones is 1. The van der Waals surface area contributed by atoms with E-state index in [0.29, 0.717) is 49.0 Å². The number of sulfonamides is 1. The van der Waals surface area contributed by atoms with Gasteiger partial charge in [0.15, 0.2) is 5.78 Å². The number of carbonyl (C=O) groups excluding carboxylic acids is 4. The van der Waals surface area contributed by atoms with Crippen LogP contribution in [-0.4, -0.2) is 72.5 Å². The number of carbonyl (C=O) groups is 4. The highest BCUT2D eigenvalue weighted by Crippen LogP contribution is 2.57. The summed E-state index contributed by atoms with van der Waals surface area (Å²) in [5, 5.41) is 0. The van der Waals surface area contributed by atoms with Crippen LogP contribution in [0.5, 0.6) is 5.75 Å². The van der Waals surface area contributed by atoms with E-state index in [1.54, 1.807) is 26.2 Å². The van der Waals surface area contributed by atoms with Gasteiger partial charge in [0.05, 0.1) is 36.4 Å². The Morgan fingerprint density at radius 3 is 2.60 bits per heavy atom. The van der Waals surface area contributed by atoms with Crippen molar-refractivity contribution in [2.75, 3.05) is 13.7 Å². The lowest BCUT2D eigenvalue weighted by molar-refractivity contribution is -0.142. The quantitative estimate of drug-likeness (QED) is 0.361. The number of rotatable bonds is 7. The van der Waals surface area contributed by atoms with E-state index in [9.17, 15) is 32.0 Å². The Balaban J connectivity index is 1.15. The van der Waals surface area contributed by atoms with E-state index in [1.807, 2.05) is 36.4 Å². The number of halogens is 1. The average molecular weight is 750 g/mol. The van der Waals surface area contributed by atoms with Gasteiger partial charge in [0.1, 0.15) is 17.7 Å². The molecule has 3 aliphatic heterocycles. The maximum absolute atomic E-state index is 14.6. The van der Waals surface area contributed by atoms with E-state index in [0.717, 1.165) is 31.2 Å². The number of fused-ring (bicyclic) bond motifs is 3. The minimum Gasteiger partial charge on any atom is -0.497 e. The number of hydrogen-bond acceptors (Lipinski definition) is 8. The average Bonchev–Trinajstić information content (AvgIpc) is 3.92. The molecule has 0 bridgehead atoms. The summed E-state index contributed by atoms with van der Waals surface area (Å²) in [5.41, 5.74) is 0.780. The fourth-order valence-corrected chi connectivity index (χ4v) is 9.56. The van der Waals surface area contributed by atoms with Gasteiger partial charge in [0.25, 0.3) is 0 Å². The van der Waals surface area contributed by atoms with Crippen LogP contribution in [0.2, 0.25) is 0 Å². The summed E-state index contributed by atoms with van der Waals surface area (Å²) >= 11 is 0. The minimum absolute atomic E-state index is 0.0139. The number of methoxy groups -OCH3 is 1. The van der Waals surface area contributed by atoms with Crippen molar-refractivity contribution in [2.45, 2.75) is 108 Å². The normalized spacial score (nSPS) is 28.8. The van der Waals surface area contributed by atoms with Crippen molar-refractivity contribution in [3.63, 3.8) is 0 Å². The Morgan fingerprint density at radius 2 is 1.85 bits per heavy atom. The lowest BCUT2D eigenvalue weighted by atomic mass is 9.90. The first-order chi connectivity index (χ1) is 25.3. The van der Waals surface area contributed by atoms with E-state index < -0.39 is 56.1 Å². The first-order valence-electron chi connectivity index (χ1n) is 18.7. The van der Waals surface area contributed by atoms with Crippen LogP contribution in [0.25, 0.3) is 0 Å². The Bertz CT molecular complexity index is 1930. The summed E-state index contributed by atoms with van der Waals surface area (Å²) in [5.74, 6) is -1.81. The largest absolute Gasteiger partial charge is 0.497 e. The molecule has 53 heavy (non-hydrogen) atoms. The highest BCUT2D eigenvalue weighted by Gasteiger charge is 2.62. The van der Waals surface area contributed by atoms with Gasteiger partial charge < -0.3 is 14.4 Å². The van der Waals surface area contributed by atoms with Gasteiger partial charge in [-0.1, -0.05) is 49.3 Å². The molecule has 5 atom stereocenters. The molecule has 0 aromatic heterocycles. The summed E-state index contributed by atoms with van der Waals surface area (Å²) in [4.78, 5) is 59.3. The molecular weight excluding hydrogens is 702 g/mol. The lowest BCUT2D eigenvalue weighted by Crippen LogP contribution is -2.47. The minimum atomic E-state index is -3.95. The van der Waals surface area contributed by atoms with Crippen molar-refractivity contribution in [3.8, 4) is 5.75 Å². The van der Waals surface area contributed by atoms with Gasteiger partial charge in [-0.25, -0.2) is 17.6 Å². The Morgan fingerprint density at radius 1 is 1.06 bits per heavy atom. The molecule has 5 aliphatic rings. The van der Waals surface area contributed by atoms with E-state index >= 15 is 0 Å². The molecule has 3 heterocycles. The van der Waals surface area contributed by atoms with Gasteiger partial charge in [-0.3, -0.25) is 24.0 Å². The molecule has 0 unspecified atom stereocenters. The fraction of sp³-hybridized carbons (Fsp3) is 0.550. The standard InChI is InChI=1S/C40H48FN3O8S/c1-39(16-17-39)53(49,50)42-37(47)40-21-29(40)13-7-5-3-4-6-11-27(18-26-10-8-14-30(19-26)51-2)36(46)44-24-31(20-34(44)35(45)22-40)52-38(48)43-23-28-12-9-15-33(41)32(28)25-43/h7-10,12-15,19,27,29,31,34H,3-6,11,16-18,20-25H2,1-2H3,(H,42,47)/b13-7-/t27-,29+,31-,34+,40-/m1/s1. The van der Waals surface area contributed by atoms with Crippen LogP contribution in [0.3, 0.4) is 0 Å². The number of nitrogens with one attached hydrogen (secondary N) is 1. The molecule has 13 heteroatoms. The zero-order chi connectivity index (χ0) is 37.5. The Kier molecular flexibility index (Phi) is 10.2. The molecule has 2 aromatic carbocycles. The topological polar surface area (TPSA) is 139 Å². The van der Waals surface area contributed by atoms with E-state index in [4.69, 9.17) is 9.47 Å². The lowest BCUT2D eigenvalue weighted by Gasteiger charge is -2.29. The zero-order valence-corrected chi connectivity index (χ0v) is 31.2. The number of benzene rings is 2. The first kappa shape index (κ1) is 37.1. The molecule has 2 aliphatic carbocycles. The van der Waals surface area contributed by atoms with Gasteiger partial charge in [0.2, 0.25) is 21.8 Å². The van der Waals surface area contributed by atoms with Crippen LogP contribution < -0.4 is 9.46 Å². The van der Waals surface area contributed by atoms with Gasteiger partial charge >= 0.3 is 6.09 Å². The highest BCUT2D eigenvalue weighted by atomic mass is 32.2. The first-order valence-corrected chi connectivity index (χ1v) is 20.2. The number of hydrogen-bond donors (Lipinski definition) is 1. The smallest absolute Gasteiger partial charge is 0.410 e. The Labute approximate surface area is 310 Å². The number of Topliss-reactive ketones (excluding diaryl/α,β-unsaturated/α-hetero) is 1. The maximum atomic E-state index is 14.6. The molecule has 3 fully saturated rings. The van der Waals surface area contributed by atoms with Gasteiger partial charge in [0, 0.05) is 30.9 Å². The summed E-state index contributed by atoms with van der Waals surface area (Å²) in [6.07, 6.45) is 7.79. The molecule has 7 rings (SSSR count). The van der Waals surface area contributed by atoms with Crippen LogP contribution in [0, 0.1) is 23.1 Å². The second-order valence-corrected chi connectivity index (χ2v) is 18.0. The number of allylic oxidation sites excluding steroid dienone is 2. The van der Waals surface area contributed by atoms with Crippen LogP contribution in [0.1, 0.15) is 87.8 Å². The molecule has 2 aromatic rings. The summed E-state index contributed by atoms with van der Waals surface area (Å²) < 4.78 is 53.4. The van der Waals surface area contributed by atoms with Crippen molar-refractivity contribution in [3.05, 3.63) is 77.1 Å². The van der Waals surface area contributed by atoms with Crippen LogP contribution in [0.4, 0.5) is 9.18 Å². The van der Waals surface area contributed by atoms with Crippen molar-refractivity contribution >= 4 is 33.7 Å². The third kappa shape index (κ3) is 7.59. The van der Waals surface area contributed by atoms with Crippen molar-refractivity contribution in [1.82, 2.24) is 14.5 Å². The van der Waals surface area contributed by atoms with Crippen molar-refractivity contribution < 1.29 is 41.5 Å². The fourth-order valence-electron chi connectivity index (χ4n) is 8.23. The molecule has 1 saturated heterocycles. The van der Waals surface area contributed by atoms with Gasteiger partial charge in [-0.2, -0.15) is 0 Å². The SMILES string of the molecule is COc1cccc(C[C@H]2CCCCC/C=C\[C@H]3C[C@@]3(C(=O)NS(=O)(=O)C3(C)CC3)CC(=O)[C@@H]3C[C@@H](OC(=O)N4Cc5cccc(F)c5C4)CN3C2=O)c1. The number of amides is 3. The summed E-state index contributed by atoms with van der Waals surface area (Å²) in [6.45, 7) is 1.82. The second-order valence-electron chi connectivity index (χ2n) is 15.8. The van der Waals surface area contributed by atoms with E-state index in [1.165, 1.54) is 15.9 Å². The predicted octanol–water partition coefficient (Wildman–Crippen LogP) is 5.60. The third-order valence-corrected chi connectivity index (χ3v) is 14.2. The molecular formula is C40H48FN3O8S. The van der Waals surface area contributed by atoms with E-state index in [-0.39, 0.29) is 50.1 Å². The van der Waals surface area contributed by atoms with Gasteiger partial charge in [-0.05, 0) is 87.1 Å². The summed E-state index contributed by atoms with van der Waals surface area (Å²) in [6, 6.07) is 11.3. The Hall–Kier alpha value is -4.26. The molecule has 284 valence electrons. The van der Waals surface area contributed by atoms with Gasteiger partial charge in [-0.15, -0.1) is 0 Å². The van der Waals surface area contributed by atoms with Crippen molar-refractivity contribution in [2.24, 2.45) is 17.3 Å². The van der Waals surface area contributed by atoms with Crippen molar-refractivity contribution in [1.29, 1.82) is 0 Å². The molecule has 2 saturated carbocycles. The monoisotopic (exact) mass is 749 g/mol. The number of ether oxygens (including phenoxy) is 2. The maximum Gasteiger partial charge on any atom is 0.410 e. The molecule has 1 N–H and O–H groups in total. The highest BCUT2D eigenvalue weighted by molar-refractivity contribution is 7.91. The molecule has 11 nitrogen and oxygen atoms in total. The molecule has 0 spiro atoms. The molecule has 3 amide bonds. The van der Waals surface area contributed by atoms with E-state index in [2.05, 4.69) is 4.72 Å². The van der Waals surface area contributed by atoms with Crippen LogP contribution >= 0.6 is 0 Å². The molecule has 0 radical (unpaired) electrons.